The summed E-state index contributed by atoms with van der Waals surface area (Å²) in [7, 11) is 1.73. The molecule has 1 N–H and O–H groups in total. The number of aromatic nitrogens is 3. The second kappa shape index (κ2) is 6.97. The second-order valence-electron chi connectivity index (χ2n) is 3.59. The van der Waals surface area contributed by atoms with Gasteiger partial charge >= 0.3 is 6.01 Å². The van der Waals surface area contributed by atoms with Crippen molar-refractivity contribution < 1.29 is 4.74 Å². The summed E-state index contributed by atoms with van der Waals surface area (Å²) in [6.07, 6.45) is 0. The smallest absolute Gasteiger partial charge is 0.322 e. The van der Waals surface area contributed by atoms with E-state index in [-0.39, 0.29) is 6.01 Å². The molecule has 0 atom stereocenters. The number of hydrogen-bond acceptors (Lipinski definition) is 6. The van der Waals surface area contributed by atoms with Gasteiger partial charge in [0, 0.05) is 11.9 Å². The van der Waals surface area contributed by atoms with Gasteiger partial charge in [-0.25, -0.2) is 0 Å². The SMILES string of the molecule is CCOc1nc(NC)nc(Sc2ccc(Cl)c(Cl)c2)n1. The Morgan fingerprint density at radius 3 is 2.65 bits per heavy atom. The van der Waals surface area contributed by atoms with Crippen LogP contribution in [-0.4, -0.2) is 28.6 Å². The second-order valence-corrected chi connectivity index (χ2v) is 5.44. The van der Waals surface area contributed by atoms with Crippen molar-refractivity contribution in [3.05, 3.63) is 28.2 Å². The lowest BCUT2D eigenvalue weighted by Crippen LogP contribution is -2.04. The molecule has 20 heavy (non-hydrogen) atoms. The van der Waals surface area contributed by atoms with E-state index in [2.05, 4.69) is 20.3 Å². The summed E-state index contributed by atoms with van der Waals surface area (Å²) in [5, 5.41) is 4.39. The third kappa shape index (κ3) is 3.88. The highest BCUT2D eigenvalue weighted by molar-refractivity contribution is 7.99. The number of nitrogens with one attached hydrogen (secondary N) is 1. The zero-order chi connectivity index (χ0) is 14.5. The highest BCUT2D eigenvalue weighted by Crippen LogP contribution is 2.31. The Morgan fingerprint density at radius 1 is 1.20 bits per heavy atom. The van der Waals surface area contributed by atoms with Crippen LogP contribution in [0.15, 0.2) is 28.3 Å². The highest BCUT2D eigenvalue weighted by Gasteiger charge is 2.09. The molecule has 8 heteroatoms. The molecule has 0 saturated heterocycles. The van der Waals surface area contributed by atoms with Crippen molar-refractivity contribution in [3.8, 4) is 6.01 Å². The zero-order valence-corrected chi connectivity index (χ0v) is 13.2. The van der Waals surface area contributed by atoms with Crippen LogP contribution in [0.2, 0.25) is 10.0 Å². The first-order valence-corrected chi connectivity index (χ1v) is 7.39. The minimum Gasteiger partial charge on any atom is -0.464 e. The van der Waals surface area contributed by atoms with Gasteiger partial charge in [-0.2, -0.15) is 15.0 Å². The molecule has 106 valence electrons. The topological polar surface area (TPSA) is 59.9 Å². The van der Waals surface area contributed by atoms with Crippen LogP contribution in [-0.2, 0) is 0 Å². The van der Waals surface area contributed by atoms with Gasteiger partial charge in [0.25, 0.3) is 0 Å². The predicted octanol–water partition coefficient (Wildman–Crippen LogP) is 3.77. The Morgan fingerprint density at radius 2 is 2.00 bits per heavy atom. The zero-order valence-electron chi connectivity index (χ0n) is 10.9. The van der Waals surface area contributed by atoms with Gasteiger partial charge in [0.15, 0.2) is 0 Å². The van der Waals surface area contributed by atoms with Gasteiger partial charge in [-0.3, -0.25) is 0 Å². The molecule has 0 aliphatic carbocycles. The maximum Gasteiger partial charge on any atom is 0.322 e. The number of benzene rings is 1. The van der Waals surface area contributed by atoms with Crippen LogP contribution >= 0.6 is 35.0 Å². The molecule has 0 saturated carbocycles. The molecule has 0 aliphatic heterocycles. The number of anilines is 1. The summed E-state index contributed by atoms with van der Waals surface area (Å²) in [6, 6.07) is 5.63. The van der Waals surface area contributed by atoms with E-state index in [9.17, 15) is 0 Å². The average molecular weight is 331 g/mol. The quantitative estimate of drug-likeness (QED) is 0.900. The molecule has 1 aromatic carbocycles. The Labute approximate surface area is 131 Å². The van der Waals surface area contributed by atoms with E-state index < -0.39 is 0 Å². The molecule has 1 aromatic heterocycles. The van der Waals surface area contributed by atoms with Crippen molar-refractivity contribution >= 4 is 40.9 Å². The predicted molar refractivity (Wildman–Crippen MR) is 81.1 cm³/mol. The van der Waals surface area contributed by atoms with Crippen LogP contribution in [0.25, 0.3) is 0 Å². The van der Waals surface area contributed by atoms with Gasteiger partial charge in [0.1, 0.15) is 0 Å². The number of ether oxygens (including phenoxy) is 1. The largest absolute Gasteiger partial charge is 0.464 e. The molecule has 0 unspecified atom stereocenters. The van der Waals surface area contributed by atoms with Crippen molar-refractivity contribution in [2.75, 3.05) is 19.0 Å². The Balaban J connectivity index is 2.27. The molecule has 5 nitrogen and oxygen atoms in total. The van der Waals surface area contributed by atoms with E-state index in [1.165, 1.54) is 11.8 Å². The molecular formula is C12H12Cl2N4OS. The van der Waals surface area contributed by atoms with Gasteiger partial charge < -0.3 is 10.1 Å². The highest BCUT2D eigenvalue weighted by atomic mass is 35.5. The molecule has 0 spiro atoms. The van der Waals surface area contributed by atoms with Crippen molar-refractivity contribution in [2.45, 2.75) is 17.0 Å². The first-order valence-electron chi connectivity index (χ1n) is 5.82. The standard InChI is InChI=1S/C12H12Cl2N4OS/c1-3-19-11-16-10(15-2)17-12(18-11)20-7-4-5-8(13)9(14)6-7/h4-6H,3H2,1-2H3,(H,15,16,17,18). The van der Waals surface area contributed by atoms with Crippen LogP contribution in [0.4, 0.5) is 5.95 Å². The maximum atomic E-state index is 5.98. The van der Waals surface area contributed by atoms with E-state index in [0.717, 1.165) is 4.90 Å². The van der Waals surface area contributed by atoms with E-state index in [1.807, 2.05) is 13.0 Å². The molecule has 1 heterocycles. The summed E-state index contributed by atoms with van der Waals surface area (Å²) in [6.45, 7) is 2.36. The summed E-state index contributed by atoms with van der Waals surface area (Å²) < 4.78 is 5.31. The fraction of sp³-hybridized carbons (Fsp3) is 0.250. The first-order chi connectivity index (χ1) is 9.62. The lowest BCUT2D eigenvalue weighted by Gasteiger charge is -2.06. The number of rotatable bonds is 5. The normalized spacial score (nSPS) is 10.4. The minimum absolute atomic E-state index is 0.286. The van der Waals surface area contributed by atoms with Crippen LogP contribution in [0.5, 0.6) is 6.01 Å². The molecule has 0 aliphatic rings. The van der Waals surface area contributed by atoms with Gasteiger partial charge in [0.05, 0.1) is 16.7 Å². The molecule has 0 radical (unpaired) electrons. The summed E-state index contributed by atoms with van der Waals surface area (Å²) >= 11 is 13.2. The Hall–Kier alpha value is -1.24. The molecule has 2 aromatic rings. The fourth-order valence-corrected chi connectivity index (χ4v) is 2.48. The molecule has 0 amide bonds. The van der Waals surface area contributed by atoms with Crippen molar-refractivity contribution in [1.29, 1.82) is 0 Å². The molecular weight excluding hydrogens is 319 g/mol. The van der Waals surface area contributed by atoms with E-state index in [4.69, 9.17) is 27.9 Å². The minimum atomic E-state index is 0.286. The lowest BCUT2D eigenvalue weighted by molar-refractivity contribution is 0.308. The first kappa shape index (κ1) is 15.2. The molecule has 0 bridgehead atoms. The van der Waals surface area contributed by atoms with Crippen LogP contribution < -0.4 is 10.1 Å². The van der Waals surface area contributed by atoms with Gasteiger partial charge in [-0.1, -0.05) is 23.2 Å². The van der Waals surface area contributed by atoms with Crippen molar-refractivity contribution in [2.24, 2.45) is 0 Å². The maximum absolute atomic E-state index is 5.98. The third-order valence-corrected chi connectivity index (χ3v) is 3.79. The summed E-state index contributed by atoms with van der Waals surface area (Å²) in [5.74, 6) is 0.450. The lowest BCUT2D eigenvalue weighted by atomic mass is 10.4. The molecule has 0 fully saturated rings. The van der Waals surface area contributed by atoms with Gasteiger partial charge in [-0.15, -0.1) is 0 Å². The summed E-state index contributed by atoms with van der Waals surface area (Å²) in [4.78, 5) is 13.5. The van der Waals surface area contributed by atoms with E-state index in [0.29, 0.717) is 27.8 Å². The van der Waals surface area contributed by atoms with Crippen LogP contribution in [0.3, 0.4) is 0 Å². The Kier molecular flexibility index (Phi) is 5.28. The van der Waals surface area contributed by atoms with E-state index >= 15 is 0 Å². The van der Waals surface area contributed by atoms with Gasteiger partial charge in [0.2, 0.25) is 11.1 Å². The monoisotopic (exact) mass is 330 g/mol. The average Bonchev–Trinajstić information content (AvgIpc) is 2.43. The number of hydrogen-bond donors (Lipinski definition) is 1. The van der Waals surface area contributed by atoms with Crippen molar-refractivity contribution in [1.82, 2.24) is 15.0 Å². The fourth-order valence-electron chi connectivity index (χ4n) is 1.33. The third-order valence-electron chi connectivity index (χ3n) is 2.19. The van der Waals surface area contributed by atoms with E-state index in [1.54, 1.807) is 19.2 Å². The number of halogens is 2. The number of nitrogens with zero attached hydrogens (tertiary/aromatic N) is 3. The molecule has 2 rings (SSSR count). The van der Waals surface area contributed by atoms with Crippen molar-refractivity contribution in [3.63, 3.8) is 0 Å². The van der Waals surface area contributed by atoms with Gasteiger partial charge in [-0.05, 0) is 36.9 Å². The Bertz CT molecular complexity index is 612. The van der Waals surface area contributed by atoms with Crippen LogP contribution in [0, 0.1) is 0 Å². The summed E-state index contributed by atoms with van der Waals surface area (Å²) in [5.41, 5.74) is 0. The van der Waals surface area contributed by atoms with Crippen LogP contribution in [0.1, 0.15) is 6.92 Å².